The van der Waals surface area contributed by atoms with Crippen LogP contribution in [0.5, 0.6) is 0 Å². The molecule has 0 heterocycles. The zero-order valence-electron chi connectivity index (χ0n) is 7.10. The summed E-state index contributed by atoms with van der Waals surface area (Å²) in [6, 6.07) is 0. The topological polar surface area (TPSA) is 80.7 Å². The molecule has 0 radical (unpaired) electrons. The summed E-state index contributed by atoms with van der Waals surface area (Å²) in [6.07, 6.45) is 3.43. The van der Waals surface area contributed by atoms with E-state index in [1.54, 1.807) is 0 Å². The van der Waals surface area contributed by atoms with Crippen molar-refractivity contribution in [3.8, 4) is 0 Å². The first-order valence-corrected chi connectivity index (χ1v) is 5.73. The molecule has 1 saturated carbocycles. The van der Waals surface area contributed by atoms with Crippen LogP contribution >= 0.6 is 0 Å². The second-order valence-corrected chi connectivity index (χ2v) is 4.58. The molecule has 0 aromatic rings. The molecule has 6 heteroatoms. The lowest BCUT2D eigenvalue weighted by molar-refractivity contribution is -0.145. The Labute approximate surface area is 76.8 Å². The molecule has 1 aliphatic carbocycles. The van der Waals surface area contributed by atoms with Gasteiger partial charge in [-0.2, -0.15) is 8.42 Å². The van der Waals surface area contributed by atoms with Crippen LogP contribution in [0, 0.1) is 0 Å². The Kier molecular flexibility index (Phi) is 3.27. The summed E-state index contributed by atoms with van der Waals surface area (Å²) in [5.41, 5.74) is 0. The Morgan fingerprint density at radius 3 is 2.38 bits per heavy atom. The summed E-state index contributed by atoms with van der Waals surface area (Å²) in [6.45, 7) is 0. The molecule has 0 saturated heterocycles. The maximum Gasteiger partial charge on any atom is 0.323 e. The fourth-order valence-electron chi connectivity index (χ4n) is 1.38. The SMILES string of the molecule is O=C(CS(=O)(=O)O)OC1CCCC1. The van der Waals surface area contributed by atoms with Crippen molar-refractivity contribution in [3.63, 3.8) is 0 Å². The summed E-state index contributed by atoms with van der Waals surface area (Å²) >= 11 is 0. The molecule has 0 aliphatic heterocycles. The number of rotatable bonds is 3. The fraction of sp³-hybridized carbons (Fsp3) is 0.857. The zero-order chi connectivity index (χ0) is 9.90. The number of esters is 1. The molecule has 13 heavy (non-hydrogen) atoms. The van der Waals surface area contributed by atoms with Crippen molar-refractivity contribution in [2.24, 2.45) is 0 Å². The summed E-state index contributed by atoms with van der Waals surface area (Å²) in [4.78, 5) is 10.9. The highest BCUT2D eigenvalue weighted by atomic mass is 32.2. The summed E-state index contributed by atoms with van der Waals surface area (Å²) in [5.74, 6) is -1.81. The van der Waals surface area contributed by atoms with Gasteiger partial charge in [0.15, 0.2) is 5.75 Å². The predicted octanol–water partition coefficient (Wildman–Crippen LogP) is 0.360. The molecule has 0 aromatic carbocycles. The van der Waals surface area contributed by atoms with E-state index in [0.717, 1.165) is 25.7 Å². The first-order chi connectivity index (χ1) is 5.97. The predicted molar refractivity (Wildman–Crippen MR) is 44.8 cm³/mol. The summed E-state index contributed by atoms with van der Waals surface area (Å²) in [5, 5.41) is 0. The maximum absolute atomic E-state index is 10.9. The molecular formula is C7H12O5S. The highest BCUT2D eigenvalue weighted by Gasteiger charge is 2.21. The Morgan fingerprint density at radius 2 is 1.92 bits per heavy atom. The lowest BCUT2D eigenvalue weighted by atomic mass is 10.3. The molecule has 76 valence electrons. The van der Waals surface area contributed by atoms with Crippen LogP contribution in [0.2, 0.25) is 0 Å². The van der Waals surface area contributed by atoms with Crippen LogP contribution < -0.4 is 0 Å². The average Bonchev–Trinajstić information content (AvgIpc) is 2.34. The average molecular weight is 208 g/mol. The molecule has 1 aliphatic rings. The number of hydrogen-bond acceptors (Lipinski definition) is 4. The van der Waals surface area contributed by atoms with Crippen molar-refractivity contribution in [1.29, 1.82) is 0 Å². The minimum Gasteiger partial charge on any atom is -0.462 e. The van der Waals surface area contributed by atoms with E-state index < -0.39 is 21.8 Å². The van der Waals surface area contributed by atoms with Crippen LogP contribution in [-0.2, 0) is 19.6 Å². The van der Waals surface area contributed by atoms with E-state index in [1.807, 2.05) is 0 Å². The molecule has 0 bridgehead atoms. The first kappa shape index (κ1) is 10.5. The fourth-order valence-corrected chi connectivity index (χ4v) is 1.74. The number of ether oxygens (including phenoxy) is 1. The summed E-state index contributed by atoms with van der Waals surface area (Å²) < 4.78 is 33.7. The van der Waals surface area contributed by atoms with Gasteiger partial charge in [0.1, 0.15) is 6.10 Å². The third kappa shape index (κ3) is 4.23. The van der Waals surface area contributed by atoms with Gasteiger partial charge >= 0.3 is 5.97 Å². The Bertz CT molecular complexity index is 275. The van der Waals surface area contributed by atoms with E-state index in [1.165, 1.54) is 0 Å². The summed E-state index contributed by atoms with van der Waals surface area (Å²) in [7, 11) is -4.24. The normalized spacial score (nSPS) is 18.8. The van der Waals surface area contributed by atoms with Gasteiger partial charge in [-0.05, 0) is 25.7 Å². The van der Waals surface area contributed by atoms with E-state index in [0.29, 0.717) is 0 Å². The van der Waals surface area contributed by atoms with E-state index >= 15 is 0 Å². The highest BCUT2D eigenvalue weighted by molar-refractivity contribution is 7.86. The minimum absolute atomic E-state index is 0.158. The van der Waals surface area contributed by atoms with Crippen molar-refractivity contribution < 1.29 is 22.5 Å². The number of carbonyl (C=O) groups is 1. The van der Waals surface area contributed by atoms with Crippen molar-refractivity contribution >= 4 is 16.1 Å². The lowest BCUT2D eigenvalue weighted by Gasteiger charge is -2.09. The van der Waals surface area contributed by atoms with Gasteiger partial charge in [-0.15, -0.1) is 0 Å². The Hall–Kier alpha value is -0.620. The molecule has 1 fully saturated rings. The van der Waals surface area contributed by atoms with Crippen LogP contribution in [0.15, 0.2) is 0 Å². The second-order valence-electron chi connectivity index (χ2n) is 3.12. The van der Waals surface area contributed by atoms with Gasteiger partial charge in [-0.1, -0.05) is 0 Å². The first-order valence-electron chi connectivity index (χ1n) is 4.12. The third-order valence-electron chi connectivity index (χ3n) is 1.90. The molecule has 0 atom stereocenters. The Morgan fingerprint density at radius 1 is 1.38 bits per heavy atom. The molecule has 0 aromatic heterocycles. The van der Waals surface area contributed by atoms with Crippen LogP contribution in [-0.4, -0.2) is 30.8 Å². The van der Waals surface area contributed by atoms with E-state index in [2.05, 4.69) is 0 Å². The molecule has 0 amide bonds. The van der Waals surface area contributed by atoms with Gasteiger partial charge in [-0.3, -0.25) is 9.35 Å². The van der Waals surface area contributed by atoms with E-state index in [-0.39, 0.29) is 6.10 Å². The second kappa shape index (κ2) is 4.06. The van der Waals surface area contributed by atoms with Crippen LogP contribution in [0.3, 0.4) is 0 Å². The van der Waals surface area contributed by atoms with Gasteiger partial charge in [0.2, 0.25) is 0 Å². The lowest BCUT2D eigenvalue weighted by Crippen LogP contribution is -2.22. The highest BCUT2D eigenvalue weighted by Crippen LogP contribution is 2.20. The van der Waals surface area contributed by atoms with Gasteiger partial charge in [0, 0.05) is 0 Å². The smallest absolute Gasteiger partial charge is 0.323 e. The molecule has 1 rings (SSSR count). The van der Waals surface area contributed by atoms with Crippen LogP contribution in [0.1, 0.15) is 25.7 Å². The quantitative estimate of drug-likeness (QED) is 0.535. The minimum atomic E-state index is -4.24. The van der Waals surface area contributed by atoms with Gasteiger partial charge in [0.25, 0.3) is 10.1 Å². The number of hydrogen-bond donors (Lipinski definition) is 1. The molecule has 5 nitrogen and oxygen atoms in total. The molecule has 1 N–H and O–H groups in total. The van der Waals surface area contributed by atoms with Crippen LogP contribution in [0.25, 0.3) is 0 Å². The number of carbonyl (C=O) groups excluding carboxylic acids is 1. The van der Waals surface area contributed by atoms with E-state index in [4.69, 9.17) is 9.29 Å². The van der Waals surface area contributed by atoms with Gasteiger partial charge in [0.05, 0.1) is 0 Å². The van der Waals surface area contributed by atoms with Crippen molar-refractivity contribution in [1.82, 2.24) is 0 Å². The van der Waals surface area contributed by atoms with Crippen molar-refractivity contribution in [2.75, 3.05) is 5.75 Å². The molecular weight excluding hydrogens is 196 g/mol. The maximum atomic E-state index is 10.9. The van der Waals surface area contributed by atoms with Gasteiger partial charge in [-0.25, -0.2) is 0 Å². The van der Waals surface area contributed by atoms with Crippen molar-refractivity contribution in [3.05, 3.63) is 0 Å². The Balaban J connectivity index is 2.33. The van der Waals surface area contributed by atoms with E-state index in [9.17, 15) is 13.2 Å². The monoisotopic (exact) mass is 208 g/mol. The molecule has 0 spiro atoms. The van der Waals surface area contributed by atoms with Crippen LogP contribution in [0.4, 0.5) is 0 Å². The zero-order valence-corrected chi connectivity index (χ0v) is 7.92. The van der Waals surface area contributed by atoms with Gasteiger partial charge < -0.3 is 4.74 Å². The largest absolute Gasteiger partial charge is 0.462 e. The standard InChI is InChI=1S/C7H12O5S/c8-7(5-13(9,10)11)12-6-3-1-2-4-6/h6H,1-5H2,(H,9,10,11). The third-order valence-corrected chi connectivity index (χ3v) is 2.50. The molecule has 0 unspecified atom stereocenters. The van der Waals surface area contributed by atoms with Crippen molar-refractivity contribution in [2.45, 2.75) is 31.8 Å².